The summed E-state index contributed by atoms with van der Waals surface area (Å²) in [6, 6.07) is 76.3. The fraction of sp³-hybridized carbons (Fsp3) is 0.216. The Balaban J connectivity index is 1.04. The standard InChI is InChI=1S/C74H60N2/c1-71-39-9-11-41-73(71,3)75(63-21-7-5-19-61(63)71)51-31-37-57-59(43-51)69(55-35-29-49-25-23-45-15-13-17-47-27-33-53(55)67(49)65(45)47)58-38-32-52(76-64-22-8-6-20-62(64)72(2)40-10-12-42-74(72,76)4)44-60(58)70(57)56-36-30-50-26-24-46-16-14-18-48-28-34-54(56)68(50)66(46)48/h5-8,13-38,43-44H,9-12,39-42H2,1-4H3. The van der Waals surface area contributed by atoms with Crippen molar-refractivity contribution in [3.05, 3.63) is 205 Å². The number of rotatable bonds is 4. The van der Waals surface area contributed by atoms with E-state index in [-0.39, 0.29) is 21.9 Å². The number of hydrogen-bond acceptors (Lipinski definition) is 2. The van der Waals surface area contributed by atoms with Crippen LogP contribution < -0.4 is 9.80 Å². The van der Waals surface area contributed by atoms with Crippen LogP contribution in [0.5, 0.6) is 0 Å². The maximum Gasteiger partial charge on any atom is 0.0517 e. The number of nitrogens with zero attached hydrogens (tertiary/aromatic N) is 2. The first kappa shape index (κ1) is 43.3. The van der Waals surface area contributed by atoms with Crippen LogP contribution in [0.25, 0.3) is 108 Å². The van der Waals surface area contributed by atoms with Crippen LogP contribution >= 0.6 is 0 Å². The van der Waals surface area contributed by atoms with Gasteiger partial charge >= 0.3 is 0 Å². The minimum Gasteiger partial charge on any atom is -0.334 e. The van der Waals surface area contributed by atoms with Gasteiger partial charge in [-0.1, -0.05) is 197 Å². The van der Waals surface area contributed by atoms with Crippen LogP contribution in [0, 0.1) is 0 Å². The molecule has 76 heavy (non-hydrogen) atoms. The molecule has 2 saturated carbocycles. The van der Waals surface area contributed by atoms with Gasteiger partial charge in [-0.25, -0.2) is 0 Å². The Hall–Kier alpha value is -7.94. The highest BCUT2D eigenvalue weighted by atomic mass is 15.3. The molecular formula is C74H60N2. The Kier molecular flexibility index (Phi) is 8.50. The van der Waals surface area contributed by atoms with Gasteiger partial charge in [0.15, 0.2) is 0 Å². The molecule has 0 amide bonds. The maximum absolute atomic E-state index is 2.78. The molecule has 0 bridgehead atoms. The Morgan fingerprint density at radius 3 is 1.09 bits per heavy atom. The minimum atomic E-state index is -0.0772. The summed E-state index contributed by atoms with van der Waals surface area (Å²) < 4.78 is 0. The van der Waals surface area contributed by atoms with Gasteiger partial charge in [-0.2, -0.15) is 0 Å². The zero-order chi connectivity index (χ0) is 50.5. The molecule has 4 atom stereocenters. The highest BCUT2D eigenvalue weighted by molar-refractivity contribution is 6.32. The van der Waals surface area contributed by atoms with E-state index in [1.807, 2.05) is 0 Å². The van der Waals surface area contributed by atoms with E-state index in [4.69, 9.17) is 0 Å². The Morgan fingerprint density at radius 2 is 0.658 bits per heavy atom. The van der Waals surface area contributed by atoms with Crippen molar-refractivity contribution in [2.75, 3.05) is 9.80 Å². The van der Waals surface area contributed by atoms with Crippen molar-refractivity contribution < 1.29 is 0 Å². The van der Waals surface area contributed by atoms with Gasteiger partial charge in [-0.15, -0.1) is 0 Å². The second-order valence-corrected chi connectivity index (χ2v) is 24.5. The summed E-state index contributed by atoms with van der Waals surface area (Å²) in [6.07, 6.45) is 9.72. The zero-order valence-corrected chi connectivity index (χ0v) is 44.0. The molecular weight excluding hydrogens is 917 g/mol. The normalized spacial score (nSPS) is 23.3. The summed E-state index contributed by atoms with van der Waals surface area (Å²) in [5.41, 5.74) is 13.4. The van der Waals surface area contributed by atoms with Gasteiger partial charge < -0.3 is 9.80 Å². The molecule has 0 spiro atoms. The van der Waals surface area contributed by atoms with E-state index in [1.165, 1.54) is 181 Å². The molecule has 2 aliphatic carbocycles. The third kappa shape index (κ3) is 5.28. The molecule has 0 radical (unpaired) electrons. The van der Waals surface area contributed by atoms with Crippen molar-refractivity contribution in [1.29, 1.82) is 0 Å². The molecule has 0 saturated heterocycles. The van der Waals surface area contributed by atoms with Crippen molar-refractivity contribution in [2.24, 2.45) is 0 Å². The summed E-state index contributed by atoms with van der Waals surface area (Å²) in [5.74, 6) is 0. The molecule has 13 aromatic rings. The monoisotopic (exact) mass is 976 g/mol. The van der Waals surface area contributed by atoms with Gasteiger partial charge in [-0.05, 0) is 195 Å². The van der Waals surface area contributed by atoms with Crippen LogP contribution in [0.3, 0.4) is 0 Å². The highest BCUT2D eigenvalue weighted by Gasteiger charge is 2.59. The Morgan fingerprint density at radius 1 is 0.303 bits per heavy atom. The van der Waals surface area contributed by atoms with E-state index in [1.54, 1.807) is 0 Å². The average molecular weight is 977 g/mol. The lowest BCUT2D eigenvalue weighted by Gasteiger charge is -2.50. The van der Waals surface area contributed by atoms with Crippen LogP contribution in [0.1, 0.15) is 90.2 Å². The van der Waals surface area contributed by atoms with Crippen molar-refractivity contribution in [3.8, 4) is 22.3 Å². The average Bonchev–Trinajstić information content (AvgIpc) is 4.03. The van der Waals surface area contributed by atoms with E-state index >= 15 is 0 Å². The van der Waals surface area contributed by atoms with Gasteiger partial charge in [-0.3, -0.25) is 0 Å². The molecule has 0 N–H and O–H groups in total. The zero-order valence-electron chi connectivity index (χ0n) is 44.0. The summed E-state index contributed by atoms with van der Waals surface area (Å²) >= 11 is 0. The molecule has 2 aliphatic heterocycles. The number of anilines is 4. The minimum absolute atomic E-state index is 0.0393. The van der Waals surface area contributed by atoms with E-state index in [9.17, 15) is 0 Å². The number of hydrogen-bond donors (Lipinski definition) is 0. The third-order valence-electron chi connectivity index (χ3n) is 21.2. The maximum atomic E-state index is 2.78. The lowest BCUT2D eigenvalue weighted by molar-refractivity contribution is 0.195. The van der Waals surface area contributed by atoms with Gasteiger partial charge in [0.05, 0.1) is 11.1 Å². The van der Waals surface area contributed by atoms with Crippen LogP contribution in [0.4, 0.5) is 22.7 Å². The first-order chi connectivity index (χ1) is 37.2. The van der Waals surface area contributed by atoms with Crippen molar-refractivity contribution in [3.63, 3.8) is 0 Å². The lowest BCUT2D eigenvalue weighted by atomic mass is 9.61. The molecule has 17 rings (SSSR count). The molecule has 2 nitrogen and oxygen atoms in total. The highest BCUT2D eigenvalue weighted by Crippen LogP contribution is 2.63. The van der Waals surface area contributed by atoms with E-state index in [0.29, 0.717) is 0 Å². The predicted molar refractivity (Wildman–Crippen MR) is 325 cm³/mol. The fourth-order valence-electron chi connectivity index (χ4n) is 17.2. The Bertz CT molecular complexity index is 4310. The van der Waals surface area contributed by atoms with Crippen LogP contribution in [0.15, 0.2) is 194 Å². The van der Waals surface area contributed by atoms with E-state index in [0.717, 1.165) is 12.8 Å². The number of fused-ring (bicyclic) bond motifs is 8. The summed E-state index contributed by atoms with van der Waals surface area (Å²) in [6.45, 7) is 10.3. The van der Waals surface area contributed by atoms with E-state index in [2.05, 4.69) is 232 Å². The van der Waals surface area contributed by atoms with Crippen molar-refractivity contribution in [2.45, 2.75) is 101 Å². The Labute approximate surface area is 444 Å². The number of benzene rings is 13. The van der Waals surface area contributed by atoms with Crippen molar-refractivity contribution >= 4 is 109 Å². The quantitative estimate of drug-likeness (QED) is 0.128. The molecule has 2 fully saturated rings. The van der Waals surface area contributed by atoms with Gasteiger partial charge in [0.2, 0.25) is 0 Å². The summed E-state index contributed by atoms with van der Waals surface area (Å²) in [5, 5.41) is 21.0. The SMILES string of the molecule is CC12CCCCC1(C)N(c1ccc3c(-c4ccc5ccc6cccc7ccc4c5c67)c4cc(N5c6ccccc6C6(C)CCCCC56C)ccc4c(-c4ccc5ccc6cccc7ccc4c5c67)c3c1)c1ccccc12. The van der Waals surface area contributed by atoms with Gasteiger partial charge in [0.1, 0.15) is 0 Å². The molecule has 2 heteroatoms. The van der Waals surface area contributed by atoms with Crippen LogP contribution in [-0.2, 0) is 10.8 Å². The largest absolute Gasteiger partial charge is 0.334 e. The second-order valence-electron chi connectivity index (χ2n) is 24.5. The molecule has 366 valence electrons. The first-order valence-electron chi connectivity index (χ1n) is 28.3. The van der Waals surface area contributed by atoms with E-state index < -0.39 is 0 Å². The summed E-state index contributed by atoms with van der Waals surface area (Å²) in [4.78, 5) is 5.56. The summed E-state index contributed by atoms with van der Waals surface area (Å²) in [7, 11) is 0. The topological polar surface area (TPSA) is 6.48 Å². The molecule has 4 unspecified atom stereocenters. The second kappa shape index (κ2) is 14.9. The van der Waals surface area contributed by atoms with Crippen LogP contribution in [-0.4, -0.2) is 11.1 Å². The predicted octanol–water partition coefficient (Wildman–Crippen LogP) is 20.6. The lowest BCUT2D eigenvalue weighted by Crippen LogP contribution is -2.54. The molecule has 0 aromatic heterocycles. The first-order valence-corrected chi connectivity index (χ1v) is 28.3. The smallest absolute Gasteiger partial charge is 0.0517 e. The number of para-hydroxylation sites is 2. The van der Waals surface area contributed by atoms with Crippen LogP contribution in [0.2, 0.25) is 0 Å². The van der Waals surface area contributed by atoms with Crippen molar-refractivity contribution in [1.82, 2.24) is 0 Å². The molecule has 2 heterocycles. The third-order valence-corrected chi connectivity index (χ3v) is 21.2. The van der Waals surface area contributed by atoms with Gasteiger partial charge in [0.25, 0.3) is 0 Å². The molecule has 13 aromatic carbocycles. The fourth-order valence-corrected chi connectivity index (χ4v) is 17.2. The molecule has 4 aliphatic rings. The van der Waals surface area contributed by atoms with Gasteiger partial charge in [0, 0.05) is 33.6 Å².